The summed E-state index contributed by atoms with van der Waals surface area (Å²) in [7, 11) is 0. The lowest BCUT2D eigenvalue weighted by atomic mass is 10.1. The Hall–Kier alpha value is -2.08. The zero-order chi connectivity index (χ0) is 13.2. The van der Waals surface area contributed by atoms with Gasteiger partial charge in [0.15, 0.2) is 0 Å². The molecule has 2 heterocycles. The van der Waals surface area contributed by atoms with Gasteiger partial charge in [0.25, 0.3) is 0 Å². The minimum Gasteiger partial charge on any atom is -0.349 e. The molecule has 1 aliphatic heterocycles. The van der Waals surface area contributed by atoms with Crippen LogP contribution in [0.2, 0.25) is 0 Å². The van der Waals surface area contributed by atoms with Crippen LogP contribution in [0.1, 0.15) is 0 Å². The molecule has 1 fully saturated rings. The van der Waals surface area contributed by atoms with Gasteiger partial charge in [-0.15, -0.1) is 0 Å². The van der Waals surface area contributed by atoms with Crippen molar-refractivity contribution in [3.05, 3.63) is 42.2 Å². The number of hydrogen-bond acceptors (Lipinski definition) is 4. The summed E-state index contributed by atoms with van der Waals surface area (Å²) in [6, 6.07) is 3.78. The van der Waals surface area contributed by atoms with E-state index in [4.69, 9.17) is 0 Å². The molecule has 0 spiro atoms. The molecule has 0 unspecified atom stereocenters. The van der Waals surface area contributed by atoms with E-state index in [2.05, 4.69) is 20.6 Å². The quantitative estimate of drug-likeness (QED) is 0.885. The molecule has 0 amide bonds. The zero-order valence-corrected chi connectivity index (χ0v) is 10.0. The summed E-state index contributed by atoms with van der Waals surface area (Å²) < 4.78 is 26.4. The van der Waals surface area contributed by atoms with E-state index >= 15 is 0 Å². The summed E-state index contributed by atoms with van der Waals surface area (Å²) in [6.45, 7) is 1.77. The molecule has 1 aliphatic rings. The average molecular weight is 262 g/mol. The molecule has 98 valence electrons. The summed E-state index contributed by atoms with van der Waals surface area (Å²) in [5, 5.41) is 6.27. The standard InChI is InChI=1S/C13H12F2N4/c14-9-1-2-11(12(15)3-9)8-4-17-13(18-5-8)19-10-6-16-7-10/h1-5,10,16H,6-7H2,(H,17,18,19). The number of benzene rings is 1. The van der Waals surface area contributed by atoms with Crippen LogP contribution in [0, 0.1) is 11.6 Å². The summed E-state index contributed by atoms with van der Waals surface area (Å²) in [5.41, 5.74) is 0.813. The van der Waals surface area contributed by atoms with Crippen molar-refractivity contribution in [2.45, 2.75) is 6.04 Å². The summed E-state index contributed by atoms with van der Waals surface area (Å²) in [6.07, 6.45) is 3.05. The molecule has 4 nitrogen and oxygen atoms in total. The van der Waals surface area contributed by atoms with Gasteiger partial charge in [0.1, 0.15) is 11.6 Å². The van der Waals surface area contributed by atoms with Gasteiger partial charge in [-0.3, -0.25) is 0 Å². The molecule has 1 aromatic heterocycles. The maximum Gasteiger partial charge on any atom is 0.222 e. The van der Waals surface area contributed by atoms with Crippen molar-refractivity contribution in [1.82, 2.24) is 15.3 Å². The summed E-state index contributed by atoms with van der Waals surface area (Å²) in [4.78, 5) is 8.26. The van der Waals surface area contributed by atoms with E-state index in [-0.39, 0.29) is 0 Å². The van der Waals surface area contributed by atoms with Crippen LogP contribution in [0.25, 0.3) is 11.1 Å². The second-order valence-corrected chi connectivity index (χ2v) is 4.42. The van der Waals surface area contributed by atoms with Gasteiger partial charge < -0.3 is 10.6 Å². The first-order valence-corrected chi connectivity index (χ1v) is 5.97. The molecule has 0 saturated carbocycles. The van der Waals surface area contributed by atoms with Crippen LogP contribution in [-0.2, 0) is 0 Å². The number of hydrogen-bond donors (Lipinski definition) is 2. The summed E-state index contributed by atoms with van der Waals surface area (Å²) in [5.74, 6) is -0.705. The van der Waals surface area contributed by atoms with Crippen molar-refractivity contribution >= 4 is 5.95 Å². The Morgan fingerprint density at radius 3 is 2.47 bits per heavy atom. The molecule has 0 aliphatic carbocycles. The van der Waals surface area contributed by atoms with E-state index in [1.165, 1.54) is 24.5 Å². The first kappa shape index (κ1) is 12.0. The topological polar surface area (TPSA) is 49.8 Å². The highest BCUT2D eigenvalue weighted by molar-refractivity contribution is 5.62. The Labute approximate surface area is 108 Å². The van der Waals surface area contributed by atoms with Gasteiger partial charge in [0, 0.05) is 42.7 Å². The summed E-state index contributed by atoms with van der Waals surface area (Å²) >= 11 is 0. The number of halogens is 2. The molecule has 1 aromatic carbocycles. The van der Waals surface area contributed by atoms with Crippen LogP contribution in [0.4, 0.5) is 14.7 Å². The minimum absolute atomic E-state index is 0.290. The molecule has 0 atom stereocenters. The van der Waals surface area contributed by atoms with Gasteiger partial charge >= 0.3 is 0 Å². The predicted molar refractivity (Wildman–Crippen MR) is 67.7 cm³/mol. The minimum atomic E-state index is -0.618. The first-order valence-electron chi connectivity index (χ1n) is 5.97. The van der Waals surface area contributed by atoms with E-state index in [1.54, 1.807) is 0 Å². The molecule has 2 aromatic rings. The molecular formula is C13H12F2N4. The fourth-order valence-electron chi connectivity index (χ4n) is 1.84. The van der Waals surface area contributed by atoms with Crippen molar-refractivity contribution in [2.24, 2.45) is 0 Å². The zero-order valence-electron chi connectivity index (χ0n) is 10.0. The molecule has 1 saturated heterocycles. The van der Waals surface area contributed by atoms with Gasteiger partial charge in [-0.25, -0.2) is 18.7 Å². The van der Waals surface area contributed by atoms with Crippen LogP contribution >= 0.6 is 0 Å². The highest BCUT2D eigenvalue weighted by Crippen LogP contribution is 2.22. The van der Waals surface area contributed by atoms with Crippen LogP contribution in [0.5, 0.6) is 0 Å². The van der Waals surface area contributed by atoms with Gasteiger partial charge in [-0.2, -0.15) is 0 Å². The highest BCUT2D eigenvalue weighted by atomic mass is 19.1. The maximum atomic E-state index is 13.6. The lowest BCUT2D eigenvalue weighted by Crippen LogP contribution is -2.51. The first-order chi connectivity index (χ1) is 9.22. The lowest BCUT2D eigenvalue weighted by Gasteiger charge is -2.27. The molecule has 0 bridgehead atoms. The third-order valence-electron chi connectivity index (χ3n) is 3.01. The van der Waals surface area contributed by atoms with Crippen LogP contribution in [0.15, 0.2) is 30.6 Å². The molecule has 0 radical (unpaired) electrons. The van der Waals surface area contributed by atoms with Crippen molar-refractivity contribution in [3.63, 3.8) is 0 Å². The number of aromatic nitrogens is 2. The second kappa shape index (κ2) is 4.89. The largest absolute Gasteiger partial charge is 0.349 e. The third kappa shape index (κ3) is 2.53. The van der Waals surface area contributed by atoms with Gasteiger partial charge in [0.05, 0.1) is 6.04 Å². The molecule has 19 heavy (non-hydrogen) atoms. The smallest absolute Gasteiger partial charge is 0.222 e. The normalized spacial score (nSPS) is 15.1. The van der Waals surface area contributed by atoms with Crippen molar-refractivity contribution in [2.75, 3.05) is 18.4 Å². The van der Waals surface area contributed by atoms with Crippen molar-refractivity contribution < 1.29 is 8.78 Å². The Balaban J connectivity index is 1.81. The van der Waals surface area contributed by atoms with Gasteiger partial charge in [-0.05, 0) is 12.1 Å². The Morgan fingerprint density at radius 2 is 1.89 bits per heavy atom. The van der Waals surface area contributed by atoms with Gasteiger partial charge in [0.2, 0.25) is 5.95 Å². The number of anilines is 1. The Morgan fingerprint density at radius 1 is 1.16 bits per heavy atom. The Bertz CT molecular complexity index is 582. The maximum absolute atomic E-state index is 13.6. The highest BCUT2D eigenvalue weighted by Gasteiger charge is 2.17. The number of nitrogens with one attached hydrogen (secondary N) is 2. The molecule has 2 N–H and O–H groups in total. The SMILES string of the molecule is Fc1ccc(-c2cnc(NC3CNC3)nc2)c(F)c1. The fraction of sp³-hybridized carbons (Fsp3) is 0.231. The van der Waals surface area contributed by atoms with Crippen LogP contribution in [-0.4, -0.2) is 29.1 Å². The number of nitrogens with zero attached hydrogens (tertiary/aromatic N) is 2. The average Bonchev–Trinajstić information content (AvgIpc) is 2.35. The van der Waals surface area contributed by atoms with E-state index in [9.17, 15) is 8.78 Å². The molecule has 3 rings (SSSR count). The van der Waals surface area contributed by atoms with Crippen LogP contribution in [0.3, 0.4) is 0 Å². The Kier molecular flexibility index (Phi) is 3.08. The van der Waals surface area contributed by atoms with Crippen LogP contribution < -0.4 is 10.6 Å². The number of rotatable bonds is 3. The monoisotopic (exact) mass is 262 g/mol. The fourth-order valence-corrected chi connectivity index (χ4v) is 1.84. The third-order valence-corrected chi connectivity index (χ3v) is 3.01. The van der Waals surface area contributed by atoms with E-state index in [1.807, 2.05) is 0 Å². The second-order valence-electron chi connectivity index (χ2n) is 4.42. The van der Waals surface area contributed by atoms with E-state index in [0.717, 1.165) is 19.2 Å². The molecular weight excluding hydrogens is 250 g/mol. The van der Waals surface area contributed by atoms with E-state index < -0.39 is 11.6 Å². The lowest BCUT2D eigenvalue weighted by molar-refractivity contribution is 0.469. The predicted octanol–water partition coefficient (Wildman–Crippen LogP) is 1.81. The van der Waals surface area contributed by atoms with Crippen molar-refractivity contribution in [3.8, 4) is 11.1 Å². The van der Waals surface area contributed by atoms with Crippen molar-refractivity contribution in [1.29, 1.82) is 0 Å². The van der Waals surface area contributed by atoms with Gasteiger partial charge in [-0.1, -0.05) is 0 Å². The van der Waals surface area contributed by atoms with E-state index in [0.29, 0.717) is 23.1 Å². The molecule has 6 heteroatoms.